The number of hydrogen-bond acceptors (Lipinski definition) is 1. The van der Waals surface area contributed by atoms with E-state index in [4.69, 9.17) is 0 Å². The fourth-order valence-electron chi connectivity index (χ4n) is 3.09. The van der Waals surface area contributed by atoms with Crippen molar-refractivity contribution in [1.29, 1.82) is 0 Å². The molecule has 0 amide bonds. The molecule has 2 atom stereocenters. The predicted molar refractivity (Wildman–Crippen MR) is 76.5 cm³/mol. The van der Waals surface area contributed by atoms with Gasteiger partial charge in [-0.25, -0.2) is 0 Å². The van der Waals surface area contributed by atoms with Crippen LogP contribution in [0.2, 0.25) is 0 Å². The highest BCUT2D eigenvalue weighted by Gasteiger charge is 2.28. The largest absolute Gasteiger partial charge is 0.313 e. The van der Waals surface area contributed by atoms with Crippen LogP contribution in [-0.2, 0) is 6.42 Å². The number of rotatable bonds is 2. The molecule has 0 saturated heterocycles. The van der Waals surface area contributed by atoms with Crippen molar-refractivity contribution in [1.82, 2.24) is 5.32 Å². The van der Waals surface area contributed by atoms with Crippen LogP contribution in [0, 0.1) is 5.92 Å². The van der Waals surface area contributed by atoms with Gasteiger partial charge in [0.15, 0.2) is 0 Å². The molecule has 1 aliphatic carbocycles. The molecule has 2 aromatic carbocycles. The molecule has 1 N–H and O–H groups in total. The fourth-order valence-corrected chi connectivity index (χ4v) is 3.09. The zero-order chi connectivity index (χ0) is 12.5. The van der Waals surface area contributed by atoms with Crippen LogP contribution in [-0.4, -0.2) is 7.05 Å². The molecule has 1 aliphatic rings. The molecule has 2 aromatic rings. The van der Waals surface area contributed by atoms with E-state index in [2.05, 4.69) is 67.8 Å². The van der Waals surface area contributed by atoms with Crippen molar-refractivity contribution in [3.05, 3.63) is 59.7 Å². The molecule has 2 unspecified atom stereocenters. The summed E-state index contributed by atoms with van der Waals surface area (Å²) >= 11 is 0. The van der Waals surface area contributed by atoms with Gasteiger partial charge in [-0.3, -0.25) is 0 Å². The Kier molecular flexibility index (Phi) is 2.92. The first-order valence-corrected chi connectivity index (χ1v) is 6.65. The van der Waals surface area contributed by atoms with Crippen LogP contribution >= 0.6 is 0 Å². The van der Waals surface area contributed by atoms with Crippen molar-refractivity contribution in [2.75, 3.05) is 7.05 Å². The van der Waals surface area contributed by atoms with Gasteiger partial charge in [0.1, 0.15) is 0 Å². The SMILES string of the molecule is CNC1c2cc(-c3ccccc3)ccc2CC1C. The van der Waals surface area contributed by atoms with Gasteiger partial charge in [0.25, 0.3) is 0 Å². The molecule has 1 heteroatoms. The topological polar surface area (TPSA) is 12.0 Å². The Balaban J connectivity index is 2.05. The molecular formula is C17H19N. The third-order valence-corrected chi connectivity index (χ3v) is 4.01. The Bertz CT molecular complexity index is 545. The Hall–Kier alpha value is -1.60. The normalized spacial score (nSPS) is 21.9. The fraction of sp³-hybridized carbons (Fsp3) is 0.294. The molecule has 0 aliphatic heterocycles. The number of benzene rings is 2. The molecule has 0 aromatic heterocycles. The average Bonchev–Trinajstić information content (AvgIpc) is 2.74. The van der Waals surface area contributed by atoms with Gasteiger partial charge in [0.05, 0.1) is 0 Å². The van der Waals surface area contributed by atoms with Gasteiger partial charge in [-0.1, -0.05) is 49.4 Å². The number of fused-ring (bicyclic) bond motifs is 1. The van der Waals surface area contributed by atoms with Crippen LogP contribution in [0.3, 0.4) is 0 Å². The lowest BCUT2D eigenvalue weighted by Gasteiger charge is -2.16. The lowest BCUT2D eigenvalue weighted by molar-refractivity contribution is 0.447. The standard InChI is InChI=1S/C17H19N/c1-12-10-15-9-8-14(11-16(15)17(12)18-2)13-6-4-3-5-7-13/h3-9,11-12,17-18H,10H2,1-2H3. The van der Waals surface area contributed by atoms with Crippen molar-refractivity contribution in [2.24, 2.45) is 5.92 Å². The minimum Gasteiger partial charge on any atom is -0.313 e. The molecule has 18 heavy (non-hydrogen) atoms. The third kappa shape index (κ3) is 1.85. The summed E-state index contributed by atoms with van der Waals surface area (Å²) in [6, 6.07) is 18.0. The molecule has 0 bridgehead atoms. The summed E-state index contributed by atoms with van der Waals surface area (Å²) in [4.78, 5) is 0. The summed E-state index contributed by atoms with van der Waals surface area (Å²) in [5.41, 5.74) is 5.60. The smallest absolute Gasteiger partial charge is 0.0349 e. The van der Waals surface area contributed by atoms with Gasteiger partial charge in [-0.05, 0) is 47.7 Å². The highest BCUT2D eigenvalue weighted by Crippen LogP contribution is 2.37. The van der Waals surface area contributed by atoms with Crippen molar-refractivity contribution in [2.45, 2.75) is 19.4 Å². The molecule has 0 heterocycles. The van der Waals surface area contributed by atoms with E-state index in [1.807, 2.05) is 0 Å². The van der Waals surface area contributed by atoms with Gasteiger partial charge in [0, 0.05) is 6.04 Å². The monoisotopic (exact) mass is 237 g/mol. The highest BCUT2D eigenvalue weighted by molar-refractivity contribution is 5.65. The van der Waals surface area contributed by atoms with Gasteiger partial charge < -0.3 is 5.32 Å². The Morgan fingerprint density at radius 2 is 1.78 bits per heavy atom. The molecule has 3 rings (SSSR count). The van der Waals surface area contributed by atoms with Crippen molar-refractivity contribution in [3.63, 3.8) is 0 Å². The van der Waals surface area contributed by atoms with Crippen LogP contribution in [0.25, 0.3) is 11.1 Å². The van der Waals surface area contributed by atoms with Gasteiger partial charge >= 0.3 is 0 Å². The first-order valence-electron chi connectivity index (χ1n) is 6.65. The quantitative estimate of drug-likeness (QED) is 0.837. The van der Waals surface area contributed by atoms with Crippen LogP contribution in [0.1, 0.15) is 24.1 Å². The van der Waals surface area contributed by atoms with E-state index in [9.17, 15) is 0 Å². The maximum atomic E-state index is 3.45. The second kappa shape index (κ2) is 4.58. The molecule has 92 valence electrons. The minimum atomic E-state index is 0.503. The van der Waals surface area contributed by atoms with E-state index in [1.54, 1.807) is 0 Å². The molecule has 0 fully saturated rings. The summed E-state index contributed by atoms with van der Waals surface area (Å²) < 4.78 is 0. The zero-order valence-electron chi connectivity index (χ0n) is 11.0. The Morgan fingerprint density at radius 1 is 1.00 bits per heavy atom. The molecular weight excluding hydrogens is 218 g/mol. The summed E-state index contributed by atoms with van der Waals surface area (Å²) in [5, 5.41) is 3.45. The number of hydrogen-bond donors (Lipinski definition) is 1. The van der Waals surface area contributed by atoms with Crippen molar-refractivity contribution in [3.8, 4) is 11.1 Å². The van der Waals surface area contributed by atoms with E-state index in [-0.39, 0.29) is 0 Å². The predicted octanol–water partition coefficient (Wildman–Crippen LogP) is 3.81. The van der Waals surface area contributed by atoms with E-state index >= 15 is 0 Å². The van der Waals surface area contributed by atoms with E-state index < -0.39 is 0 Å². The van der Waals surface area contributed by atoms with E-state index in [0.717, 1.165) is 0 Å². The summed E-state index contributed by atoms with van der Waals surface area (Å²) in [6.45, 7) is 2.32. The van der Waals surface area contributed by atoms with Crippen LogP contribution in [0.15, 0.2) is 48.5 Å². The summed E-state index contributed by atoms with van der Waals surface area (Å²) in [5.74, 6) is 0.691. The lowest BCUT2D eigenvalue weighted by atomic mass is 9.98. The maximum absolute atomic E-state index is 3.45. The highest BCUT2D eigenvalue weighted by atomic mass is 14.9. The minimum absolute atomic E-state index is 0.503. The van der Waals surface area contributed by atoms with Crippen molar-refractivity contribution < 1.29 is 0 Å². The van der Waals surface area contributed by atoms with Crippen LogP contribution < -0.4 is 5.32 Å². The van der Waals surface area contributed by atoms with E-state index in [0.29, 0.717) is 12.0 Å². The molecule has 0 saturated carbocycles. The van der Waals surface area contributed by atoms with E-state index in [1.165, 1.54) is 28.7 Å². The second-order valence-electron chi connectivity index (χ2n) is 5.23. The molecule has 0 spiro atoms. The van der Waals surface area contributed by atoms with Crippen LogP contribution in [0.5, 0.6) is 0 Å². The first-order chi connectivity index (χ1) is 8.79. The number of nitrogens with one attached hydrogen (secondary N) is 1. The zero-order valence-corrected chi connectivity index (χ0v) is 11.0. The molecule has 1 nitrogen and oxygen atoms in total. The van der Waals surface area contributed by atoms with Crippen LogP contribution in [0.4, 0.5) is 0 Å². The Morgan fingerprint density at radius 3 is 2.50 bits per heavy atom. The maximum Gasteiger partial charge on any atom is 0.0349 e. The average molecular weight is 237 g/mol. The molecule has 0 radical (unpaired) electrons. The van der Waals surface area contributed by atoms with Crippen molar-refractivity contribution >= 4 is 0 Å². The van der Waals surface area contributed by atoms with Gasteiger partial charge in [0.2, 0.25) is 0 Å². The summed E-state index contributed by atoms with van der Waals surface area (Å²) in [7, 11) is 2.06. The van der Waals surface area contributed by atoms with Gasteiger partial charge in [-0.2, -0.15) is 0 Å². The lowest BCUT2D eigenvalue weighted by Crippen LogP contribution is -2.19. The van der Waals surface area contributed by atoms with Gasteiger partial charge in [-0.15, -0.1) is 0 Å². The second-order valence-corrected chi connectivity index (χ2v) is 5.23. The summed E-state index contributed by atoms with van der Waals surface area (Å²) in [6.07, 6.45) is 1.19. The first kappa shape index (κ1) is 11.5. The Labute approximate surface area is 109 Å². The third-order valence-electron chi connectivity index (χ3n) is 4.01.